The molecule has 0 fully saturated rings. The highest BCUT2D eigenvalue weighted by atomic mass is 19.4. The number of aryl methyl sites for hydroxylation is 1. The van der Waals surface area contributed by atoms with Crippen LogP contribution in [0.3, 0.4) is 0 Å². The van der Waals surface area contributed by atoms with Gasteiger partial charge >= 0.3 is 12.1 Å². The van der Waals surface area contributed by atoms with E-state index in [0.29, 0.717) is 5.56 Å². The Morgan fingerprint density at radius 3 is 2.11 bits per heavy atom. The number of hydrogen-bond donors (Lipinski definition) is 0. The molecule has 0 spiro atoms. The lowest BCUT2D eigenvalue weighted by atomic mass is 9.88. The number of hydrogen-bond acceptors (Lipinski definition) is 1. The molecule has 0 saturated heterocycles. The van der Waals surface area contributed by atoms with Crippen molar-refractivity contribution in [3.63, 3.8) is 0 Å². The molecule has 1 rings (SSSR count). The number of methoxy groups -OCH3 is 1. The van der Waals surface area contributed by atoms with E-state index in [1.807, 2.05) is 0 Å². The Morgan fingerprint density at radius 1 is 1.11 bits per heavy atom. The molecule has 0 bridgehead atoms. The second-order valence-electron chi connectivity index (χ2n) is 4.68. The van der Waals surface area contributed by atoms with Gasteiger partial charge in [0.05, 0.1) is 12.0 Å². The minimum absolute atomic E-state index is 0.291. The molecule has 1 atom stereocenters. The third-order valence-corrected chi connectivity index (χ3v) is 3.05. The molecule has 6 heteroatoms. The van der Waals surface area contributed by atoms with Crippen molar-refractivity contribution in [2.24, 2.45) is 0 Å². The molecule has 0 aromatic heterocycles. The van der Waals surface area contributed by atoms with Crippen LogP contribution in [0, 0.1) is 6.92 Å². The van der Waals surface area contributed by atoms with Crippen molar-refractivity contribution >= 4 is 0 Å². The van der Waals surface area contributed by atoms with Crippen LogP contribution in [0.5, 0.6) is 0 Å². The van der Waals surface area contributed by atoms with Crippen LogP contribution >= 0.6 is 0 Å². The number of rotatable bonds is 4. The van der Waals surface area contributed by atoms with Gasteiger partial charge in [0.25, 0.3) is 0 Å². The van der Waals surface area contributed by atoms with E-state index in [1.54, 1.807) is 19.1 Å². The highest BCUT2D eigenvalue weighted by Crippen LogP contribution is 2.45. The number of benzene rings is 1. The minimum atomic E-state index is -5.59. The molecule has 19 heavy (non-hydrogen) atoms. The maximum absolute atomic E-state index is 13.2. The molecule has 1 aromatic rings. The van der Waals surface area contributed by atoms with Crippen molar-refractivity contribution in [1.82, 2.24) is 0 Å². The molecule has 0 heterocycles. The van der Waals surface area contributed by atoms with Gasteiger partial charge in [-0.15, -0.1) is 0 Å². The first kappa shape index (κ1) is 15.9. The molecule has 0 aliphatic rings. The fraction of sp³-hybridized carbons (Fsp3) is 0.538. The third-order valence-electron chi connectivity index (χ3n) is 3.05. The minimum Gasteiger partial charge on any atom is -0.374 e. The highest BCUT2D eigenvalue weighted by Gasteiger charge is 2.60. The maximum Gasteiger partial charge on any atom is 0.453 e. The van der Waals surface area contributed by atoms with Gasteiger partial charge in [0.15, 0.2) is 0 Å². The van der Waals surface area contributed by atoms with Crippen molar-refractivity contribution in [2.75, 3.05) is 7.11 Å². The van der Waals surface area contributed by atoms with Crippen LogP contribution in [-0.2, 0) is 10.3 Å². The first-order chi connectivity index (χ1) is 8.52. The van der Waals surface area contributed by atoms with Crippen LogP contribution < -0.4 is 0 Å². The smallest absolute Gasteiger partial charge is 0.374 e. The SMILES string of the molecule is COC(C)(CC(F)(F)C(F)(F)F)c1cccc(C)c1. The molecule has 1 unspecified atom stereocenters. The first-order valence-corrected chi connectivity index (χ1v) is 5.59. The predicted octanol–water partition coefficient (Wildman–Crippen LogP) is 4.44. The summed E-state index contributed by atoms with van der Waals surface area (Å²) in [6, 6.07) is 6.33. The van der Waals surface area contributed by atoms with Gasteiger partial charge in [-0.3, -0.25) is 0 Å². The van der Waals surface area contributed by atoms with Gasteiger partial charge in [0.1, 0.15) is 0 Å². The normalized spacial score (nSPS) is 16.2. The number of alkyl halides is 5. The Morgan fingerprint density at radius 2 is 1.68 bits per heavy atom. The van der Waals surface area contributed by atoms with E-state index in [-0.39, 0.29) is 0 Å². The second kappa shape index (κ2) is 5.07. The second-order valence-corrected chi connectivity index (χ2v) is 4.68. The van der Waals surface area contributed by atoms with Gasteiger partial charge in [-0.25, -0.2) is 0 Å². The molecular formula is C13H15F5O. The van der Waals surface area contributed by atoms with Gasteiger partial charge in [-0.05, 0) is 19.4 Å². The molecule has 108 valence electrons. The zero-order valence-corrected chi connectivity index (χ0v) is 10.8. The predicted molar refractivity (Wildman–Crippen MR) is 61.2 cm³/mol. The monoisotopic (exact) mass is 282 g/mol. The zero-order valence-electron chi connectivity index (χ0n) is 10.8. The summed E-state index contributed by atoms with van der Waals surface area (Å²) in [5, 5.41) is 0. The average molecular weight is 282 g/mol. The molecule has 1 nitrogen and oxygen atoms in total. The Kier molecular flexibility index (Phi) is 4.24. The van der Waals surface area contributed by atoms with Crippen LogP contribution in [0.15, 0.2) is 24.3 Å². The highest BCUT2D eigenvalue weighted by molar-refractivity contribution is 5.27. The summed E-state index contributed by atoms with van der Waals surface area (Å²) >= 11 is 0. The first-order valence-electron chi connectivity index (χ1n) is 5.59. The lowest BCUT2D eigenvalue weighted by Gasteiger charge is -2.33. The Bertz CT molecular complexity index is 441. The van der Waals surface area contributed by atoms with Crippen molar-refractivity contribution < 1.29 is 26.7 Å². The maximum atomic E-state index is 13.2. The molecule has 0 N–H and O–H groups in total. The standard InChI is InChI=1S/C13H15F5O/c1-9-5-4-6-10(7-9)11(2,19-3)8-12(14,15)13(16,17)18/h4-7H,8H2,1-3H3. The average Bonchev–Trinajstić information content (AvgIpc) is 2.26. The van der Waals surface area contributed by atoms with E-state index in [0.717, 1.165) is 12.7 Å². The Balaban J connectivity index is 3.12. The largest absolute Gasteiger partial charge is 0.453 e. The fourth-order valence-corrected chi connectivity index (χ4v) is 1.79. The van der Waals surface area contributed by atoms with Crippen LogP contribution in [0.1, 0.15) is 24.5 Å². The molecule has 0 amide bonds. The summed E-state index contributed by atoms with van der Waals surface area (Å²) in [5.41, 5.74) is -0.652. The summed E-state index contributed by atoms with van der Waals surface area (Å²) in [6.07, 6.45) is -7.04. The summed E-state index contributed by atoms with van der Waals surface area (Å²) < 4.78 is 68.2. The van der Waals surface area contributed by atoms with Crippen LogP contribution in [0.25, 0.3) is 0 Å². The van der Waals surface area contributed by atoms with Crippen molar-refractivity contribution in [3.05, 3.63) is 35.4 Å². The van der Waals surface area contributed by atoms with Gasteiger partial charge < -0.3 is 4.74 Å². The van der Waals surface area contributed by atoms with Crippen molar-refractivity contribution in [1.29, 1.82) is 0 Å². The third kappa shape index (κ3) is 3.43. The lowest BCUT2D eigenvalue weighted by Crippen LogP contribution is -2.43. The summed E-state index contributed by atoms with van der Waals surface area (Å²) in [4.78, 5) is 0. The van der Waals surface area contributed by atoms with Crippen LogP contribution in [-0.4, -0.2) is 19.2 Å². The molecule has 0 radical (unpaired) electrons. The molecule has 0 aliphatic carbocycles. The van der Waals surface area contributed by atoms with Crippen molar-refractivity contribution in [3.8, 4) is 0 Å². The quantitative estimate of drug-likeness (QED) is 0.742. The molecule has 0 aliphatic heterocycles. The number of halogens is 5. The van der Waals surface area contributed by atoms with Gasteiger partial charge in [0.2, 0.25) is 0 Å². The summed E-state index contributed by atoms with van der Waals surface area (Å²) in [5.74, 6) is -4.80. The summed E-state index contributed by atoms with van der Waals surface area (Å²) in [7, 11) is 1.12. The van der Waals surface area contributed by atoms with E-state index < -0.39 is 24.1 Å². The fourth-order valence-electron chi connectivity index (χ4n) is 1.79. The molecular weight excluding hydrogens is 267 g/mol. The zero-order chi connectivity index (χ0) is 14.9. The summed E-state index contributed by atoms with van der Waals surface area (Å²) in [6.45, 7) is 2.95. The van der Waals surface area contributed by atoms with Gasteiger partial charge in [0, 0.05) is 7.11 Å². The van der Waals surface area contributed by atoms with E-state index in [4.69, 9.17) is 4.74 Å². The number of ether oxygens (including phenoxy) is 1. The van der Waals surface area contributed by atoms with Crippen molar-refractivity contribution in [2.45, 2.75) is 38.0 Å². The van der Waals surface area contributed by atoms with E-state index in [1.165, 1.54) is 19.1 Å². The van der Waals surface area contributed by atoms with Gasteiger partial charge in [-0.1, -0.05) is 29.8 Å². The Hall–Kier alpha value is -1.17. The topological polar surface area (TPSA) is 9.23 Å². The lowest BCUT2D eigenvalue weighted by molar-refractivity contribution is -0.298. The van der Waals surface area contributed by atoms with E-state index >= 15 is 0 Å². The molecule has 1 aromatic carbocycles. The Labute approximate surface area is 108 Å². The van der Waals surface area contributed by atoms with E-state index in [2.05, 4.69) is 0 Å². The van der Waals surface area contributed by atoms with Crippen LogP contribution in [0.2, 0.25) is 0 Å². The van der Waals surface area contributed by atoms with Gasteiger partial charge in [-0.2, -0.15) is 22.0 Å². The van der Waals surface area contributed by atoms with Crippen LogP contribution in [0.4, 0.5) is 22.0 Å². The van der Waals surface area contributed by atoms with E-state index in [9.17, 15) is 22.0 Å². The molecule has 0 saturated carbocycles.